The van der Waals surface area contributed by atoms with Crippen LogP contribution >= 0.6 is 0 Å². The van der Waals surface area contributed by atoms with E-state index in [0.29, 0.717) is 12.1 Å². The van der Waals surface area contributed by atoms with Gasteiger partial charge in [0.1, 0.15) is 10.6 Å². The summed E-state index contributed by atoms with van der Waals surface area (Å²) >= 11 is 0. The molecule has 98 valence electrons. The predicted molar refractivity (Wildman–Crippen MR) is 69.8 cm³/mol. The molecule has 0 radical (unpaired) electrons. The van der Waals surface area contributed by atoms with Crippen molar-refractivity contribution in [3.63, 3.8) is 0 Å². The van der Waals surface area contributed by atoms with Gasteiger partial charge in [0.15, 0.2) is 0 Å². The van der Waals surface area contributed by atoms with Crippen molar-refractivity contribution >= 4 is 10.0 Å². The zero-order valence-electron chi connectivity index (χ0n) is 10.4. The number of ether oxygens (including phenoxy) is 1. The Balaban J connectivity index is 3.31. The van der Waals surface area contributed by atoms with E-state index < -0.39 is 10.0 Å². The van der Waals surface area contributed by atoms with Crippen LogP contribution < -0.4 is 15.2 Å². The fourth-order valence-corrected chi connectivity index (χ4v) is 2.62. The fourth-order valence-electron chi connectivity index (χ4n) is 1.39. The summed E-state index contributed by atoms with van der Waals surface area (Å²) in [6.07, 6.45) is 0. The van der Waals surface area contributed by atoms with Gasteiger partial charge >= 0.3 is 0 Å². The van der Waals surface area contributed by atoms with Crippen molar-refractivity contribution in [1.29, 1.82) is 0 Å². The number of hydrogen-bond acceptors (Lipinski definition) is 4. The van der Waals surface area contributed by atoms with Gasteiger partial charge in [-0.3, -0.25) is 0 Å². The highest BCUT2D eigenvalue weighted by Gasteiger charge is 2.18. The Kier molecular flexibility index (Phi) is 5.16. The number of sulfonamides is 1. The lowest BCUT2D eigenvalue weighted by atomic mass is 10.2. The van der Waals surface area contributed by atoms with Gasteiger partial charge in [0.05, 0.1) is 13.7 Å². The number of nitrogens with one attached hydrogen (secondary N) is 1. The molecule has 0 unspecified atom stereocenters. The molecule has 0 spiro atoms. The van der Waals surface area contributed by atoms with Crippen molar-refractivity contribution in [3.8, 4) is 17.6 Å². The van der Waals surface area contributed by atoms with Crippen LogP contribution in [0.2, 0.25) is 0 Å². The van der Waals surface area contributed by atoms with E-state index >= 15 is 0 Å². The van der Waals surface area contributed by atoms with Crippen molar-refractivity contribution in [3.05, 3.63) is 23.8 Å². The molecule has 0 amide bonds. The monoisotopic (exact) mass is 268 g/mol. The maximum Gasteiger partial charge on any atom is 0.244 e. The zero-order chi connectivity index (χ0) is 13.6. The molecular formula is C12H16N2O3S. The maximum absolute atomic E-state index is 12.0. The minimum atomic E-state index is -3.57. The standard InChI is InChI=1S/C12H16N2O3S/c1-3-14-18(15,16)12-9-10(5-4-8-13)6-7-11(12)17-2/h6-7,9,14H,3,8,13H2,1-2H3. The number of hydrogen-bond donors (Lipinski definition) is 2. The Morgan fingerprint density at radius 2 is 2.17 bits per heavy atom. The molecule has 0 aliphatic heterocycles. The average Bonchev–Trinajstić information content (AvgIpc) is 2.36. The molecule has 0 saturated carbocycles. The molecule has 0 fully saturated rings. The first kappa shape index (κ1) is 14.5. The third-order valence-corrected chi connectivity index (χ3v) is 3.69. The molecule has 0 heterocycles. The number of nitrogens with two attached hydrogens (primary N) is 1. The van der Waals surface area contributed by atoms with Gasteiger partial charge in [-0.1, -0.05) is 18.8 Å². The van der Waals surface area contributed by atoms with Crippen LogP contribution in [0.1, 0.15) is 12.5 Å². The fraction of sp³-hybridized carbons (Fsp3) is 0.333. The zero-order valence-corrected chi connectivity index (χ0v) is 11.2. The van der Waals surface area contributed by atoms with Gasteiger partial charge in [-0.05, 0) is 18.2 Å². The second-order valence-corrected chi connectivity index (χ2v) is 5.11. The summed E-state index contributed by atoms with van der Waals surface area (Å²) in [5.74, 6) is 5.75. The van der Waals surface area contributed by atoms with Crippen molar-refractivity contribution < 1.29 is 13.2 Å². The van der Waals surface area contributed by atoms with Gasteiger partial charge in [-0.2, -0.15) is 0 Å². The van der Waals surface area contributed by atoms with E-state index in [0.717, 1.165) is 0 Å². The Morgan fingerprint density at radius 1 is 1.44 bits per heavy atom. The van der Waals surface area contributed by atoms with Gasteiger partial charge in [-0.25, -0.2) is 13.1 Å². The maximum atomic E-state index is 12.0. The number of methoxy groups -OCH3 is 1. The lowest BCUT2D eigenvalue weighted by Crippen LogP contribution is -2.23. The van der Waals surface area contributed by atoms with Crippen LogP contribution in [0.15, 0.2) is 23.1 Å². The van der Waals surface area contributed by atoms with Crippen LogP contribution in [-0.4, -0.2) is 28.6 Å². The first-order valence-electron chi connectivity index (χ1n) is 5.41. The molecule has 0 bridgehead atoms. The van der Waals surface area contributed by atoms with E-state index in [-0.39, 0.29) is 17.2 Å². The van der Waals surface area contributed by atoms with Crippen molar-refractivity contribution in [2.45, 2.75) is 11.8 Å². The van der Waals surface area contributed by atoms with E-state index in [1.54, 1.807) is 19.1 Å². The predicted octanol–water partition coefficient (Wildman–Crippen LogP) is 0.304. The van der Waals surface area contributed by atoms with Crippen molar-refractivity contribution in [2.24, 2.45) is 5.73 Å². The van der Waals surface area contributed by atoms with Crippen LogP contribution in [0.25, 0.3) is 0 Å². The molecule has 5 nitrogen and oxygen atoms in total. The summed E-state index contributed by atoms with van der Waals surface area (Å²) in [5.41, 5.74) is 5.86. The Bertz CT molecular complexity index is 571. The van der Waals surface area contributed by atoms with Gasteiger partial charge in [0, 0.05) is 12.1 Å². The SMILES string of the molecule is CCNS(=O)(=O)c1cc(C#CCN)ccc1OC. The molecule has 0 atom stereocenters. The van der Waals surface area contributed by atoms with E-state index in [1.807, 2.05) is 0 Å². The highest BCUT2D eigenvalue weighted by atomic mass is 32.2. The van der Waals surface area contributed by atoms with Gasteiger partial charge in [0.2, 0.25) is 10.0 Å². The number of rotatable bonds is 4. The van der Waals surface area contributed by atoms with Gasteiger partial charge < -0.3 is 10.5 Å². The number of benzene rings is 1. The summed E-state index contributed by atoms with van der Waals surface area (Å²) in [5, 5.41) is 0. The second-order valence-electron chi connectivity index (χ2n) is 3.37. The van der Waals surface area contributed by atoms with Crippen LogP contribution in [0.4, 0.5) is 0 Å². The minimum Gasteiger partial charge on any atom is -0.495 e. The first-order valence-corrected chi connectivity index (χ1v) is 6.90. The van der Waals surface area contributed by atoms with Crippen LogP contribution in [0.3, 0.4) is 0 Å². The minimum absolute atomic E-state index is 0.0793. The lowest BCUT2D eigenvalue weighted by Gasteiger charge is -2.10. The second kappa shape index (κ2) is 6.40. The molecule has 1 aromatic carbocycles. The first-order chi connectivity index (χ1) is 8.55. The lowest BCUT2D eigenvalue weighted by molar-refractivity contribution is 0.402. The molecule has 1 rings (SSSR count). The van der Waals surface area contributed by atoms with E-state index in [1.165, 1.54) is 13.2 Å². The molecule has 0 saturated heterocycles. The summed E-state index contributed by atoms with van der Waals surface area (Å²) in [7, 11) is -2.15. The van der Waals surface area contributed by atoms with Gasteiger partial charge in [-0.15, -0.1) is 0 Å². The average molecular weight is 268 g/mol. The van der Waals surface area contributed by atoms with E-state index in [9.17, 15) is 8.42 Å². The molecule has 6 heteroatoms. The third kappa shape index (κ3) is 3.47. The van der Waals surface area contributed by atoms with Crippen LogP contribution in [0, 0.1) is 11.8 Å². The Morgan fingerprint density at radius 3 is 2.72 bits per heavy atom. The topological polar surface area (TPSA) is 81.4 Å². The largest absolute Gasteiger partial charge is 0.495 e. The van der Waals surface area contributed by atoms with Crippen molar-refractivity contribution in [1.82, 2.24) is 4.72 Å². The van der Waals surface area contributed by atoms with Crippen LogP contribution in [0.5, 0.6) is 5.75 Å². The normalized spacial score (nSPS) is 10.6. The smallest absolute Gasteiger partial charge is 0.244 e. The van der Waals surface area contributed by atoms with Crippen molar-refractivity contribution in [2.75, 3.05) is 20.2 Å². The molecule has 0 aromatic heterocycles. The van der Waals surface area contributed by atoms with Gasteiger partial charge in [0.25, 0.3) is 0 Å². The van der Waals surface area contributed by atoms with E-state index in [4.69, 9.17) is 10.5 Å². The van der Waals surface area contributed by atoms with E-state index in [2.05, 4.69) is 16.6 Å². The summed E-state index contributed by atoms with van der Waals surface area (Å²) in [4.78, 5) is 0.0793. The summed E-state index contributed by atoms with van der Waals surface area (Å²) < 4.78 is 31.4. The van der Waals surface area contributed by atoms with Crippen LogP contribution in [-0.2, 0) is 10.0 Å². The molecular weight excluding hydrogens is 252 g/mol. The Labute approximate surface area is 107 Å². The summed E-state index contributed by atoms with van der Waals surface area (Å²) in [6.45, 7) is 2.24. The summed E-state index contributed by atoms with van der Waals surface area (Å²) in [6, 6.07) is 4.73. The third-order valence-electron chi connectivity index (χ3n) is 2.12. The molecule has 1 aromatic rings. The quantitative estimate of drug-likeness (QED) is 0.770. The highest BCUT2D eigenvalue weighted by Crippen LogP contribution is 2.24. The molecule has 18 heavy (non-hydrogen) atoms. The molecule has 3 N–H and O–H groups in total. The molecule has 0 aliphatic carbocycles. The highest BCUT2D eigenvalue weighted by molar-refractivity contribution is 7.89. The molecule has 0 aliphatic rings. The Hall–Kier alpha value is -1.55.